The van der Waals surface area contributed by atoms with Gasteiger partial charge in [0.15, 0.2) is 5.82 Å². The third-order valence-corrected chi connectivity index (χ3v) is 1.31. The summed E-state index contributed by atoms with van der Waals surface area (Å²) >= 11 is 0. The van der Waals surface area contributed by atoms with Crippen molar-refractivity contribution in [3.05, 3.63) is 12.2 Å². The first-order valence-corrected chi connectivity index (χ1v) is 3.19. The monoisotopic (exact) mass is 155 g/mol. The molecule has 1 rings (SSSR count). The molecule has 5 nitrogen and oxygen atoms in total. The fourth-order valence-electron chi connectivity index (χ4n) is 0.706. The lowest BCUT2D eigenvalue weighted by atomic mass is 10.2. The summed E-state index contributed by atoms with van der Waals surface area (Å²) in [6.45, 7) is 1.40. The summed E-state index contributed by atoms with van der Waals surface area (Å²) in [6, 6.07) is 0. The molecule has 1 atom stereocenters. The summed E-state index contributed by atoms with van der Waals surface area (Å²) in [5.41, 5.74) is 0. The number of Topliss-reactive ketones (excluding diaryl/α,β-unsaturated/α-hetero) is 1. The van der Waals surface area contributed by atoms with Crippen LogP contribution in [0.1, 0.15) is 17.5 Å². The fraction of sp³-hybridized carbons (Fsp3) is 0.500. The van der Waals surface area contributed by atoms with Gasteiger partial charge in [-0.1, -0.05) is 0 Å². The number of ketones is 1. The predicted molar refractivity (Wildman–Crippen MR) is 37.0 cm³/mol. The minimum Gasteiger partial charge on any atom is -0.385 e. The van der Waals surface area contributed by atoms with E-state index in [2.05, 4.69) is 10.1 Å². The zero-order chi connectivity index (χ0) is 8.43. The zero-order valence-corrected chi connectivity index (χ0v) is 6.35. The van der Waals surface area contributed by atoms with Gasteiger partial charge in [-0.3, -0.25) is 4.79 Å². The number of carbonyl (C=O) groups is 1. The number of aliphatic hydroxyl groups excluding tert-OH is 1. The van der Waals surface area contributed by atoms with Gasteiger partial charge in [-0.05, 0) is 6.92 Å². The predicted octanol–water partition coefficient (Wildman–Crippen LogP) is -0.621. The second-order valence-electron chi connectivity index (χ2n) is 2.25. The lowest BCUT2D eigenvalue weighted by Gasteiger charge is -2.00. The number of hydrogen-bond donors (Lipinski definition) is 1. The van der Waals surface area contributed by atoms with E-state index in [1.54, 1.807) is 7.05 Å². The molecule has 0 aliphatic heterocycles. The van der Waals surface area contributed by atoms with E-state index in [4.69, 9.17) is 5.11 Å². The third kappa shape index (κ3) is 1.43. The van der Waals surface area contributed by atoms with E-state index in [9.17, 15) is 4.79 Å². The Balaban J connectivity index is 2.93. The molecule has 0 bridgehead atoms. The molecule has 0 saturated carbocycles. The van der Waals surface area contributed by atoms with E-state index in [1.807, 2.05) is 0 Å². The van der Waals surface area contributed by atoms with Gasteiger partial charge >= 0.3 is 0 Å². The Hall–Kier alpha value is -1.23. The van der Waals surface area contributed by atoms with Crippen LogP contribution in [-0.4, -0.2) is 31.8 Å². The molecule has 11 heavy (non-hydrogen) atoms. The van der Waals surface area contributed by atoms with Crippen molar-refractivity contribution in [3.63, 3.8) is 0 Å². The molecule has 0 fully saturated rings. The lowest BCUT2D eigenvalue weighted by Crippen LogP contribution is -2.20. The van der Waals surface area contributed by atoms with Gasteiger partial charge in [0.25, 0.3) is 0 Å². The SMILES string of the molecule is CC(O)C(=O)c1ncnn1C. The number of aryl methyl sites for hydroxylation is 1. The number of hydrogen-bond acceptors (Lipinski definition) is 4. The Labute approximate surface area is 63.7 Å². The normalized spacial score (nSPS) is 13.0. The third-order valence-electron chi connectivity index (χ3n) is 1.31. The van der Waals surface area contributed by atoms with Crippen LogP contribution in [0.25, 0.3) is 0 Å². The summed E-state index contributed by atoms with van der Waals surface area (Å²) < 4.78 is 1.33. The van der Waals surface area contributed by atoms with Crippen molar-refractivity contribution in [2.45, 2.75) is 13.0 Å². The van der Waals surface area contributed by atoms with Gasteiger partial charge in [-0.15, -0.1) is 0 Å². The molecule has 0 aliphatic rings. The van der Waals surface area contributed by atoms with Crippen LogP contribution in [0.3, 0.4) is 0 Å². The number of aliphatic hydroxyl groups is 1. The number of rotatable bonds is 2. The summed E-state index contributed by atoms with van der Waals surface area (Å²) in [6.07, 6.45) is 0.258. The van der Waals surface area contributed by atoms with Crippen LogP contribution < -0.4 is 0 Å². The summed E-state index contributed by atoms with van der Waals surface area (Å²) in [4.78, 5) is 14.7. The Morgan fingerprint density at radius 2 is 2.45 bits per heavy atom. The quantitative estimate of drug-likeness (QED) is 0.578. The van der Waals surface area contributed by atoms with Crippen LogP contribution in [0.5, 0.6) is 0 Å². The largest absolute Gasteiger partial charge is 0.385 e. The molecule has 0 aliphatic carbocycles. The van der Waals surface area contributed by atoms with Crippen LogP contribution >= 0.6 is 0 Å². The molecule has 0 saturated heterocycles. The zero-order valence-electron chi connectivity index (χ0n) is 6.35. The lowest BCUT2D eigenvalue weighted by molar-refractivity contribution is 0.0763. The molecule has 5 heteroatoms. The maximum atomic E-state index is 11.1. The van der Waals surface area contributed by atoms with Crippen LogP contribution in [0, 0.1) is 0 Å². The highest BCUT2D eigenvalue weighted by molar-refractivity contribution is 5.95. The minimum absolute atomic E-state index is 0.181. The van der Waals surface area contributed by atoms with E-state index in [0.717, 1.165) is 0 Å². The fourth-order valence-corrected chi connectivity index (χ4v) is 0.706. The standard InChI is InChI=1S/C6H9N3O2/c1-4(10)5(11)6-7-3-8-9(6)2/h3-4,10H,1-2H3. The maximum Gasteiger partial charge on any atom is 0.227 e. The molecule has 0 aromatic carbocycles. The van der Waals surface area contributed by atoms with Crippen molar-refractivity contribution < 1.29 is 9.90 Å². The Morgan fingerprint density at radius 3 is 2.82 bits per heavy atom. The molecule has 1 N–H and O–H groups in total. The molecule has 1 aromatic rings. The number of nitrogens with zero attached hydrogens (tertiary/aromatic N) is 3. The molecule has 1 aromatic heterocycles. The highest BCUT2D eigenvalue weighted by Crippen LogP contribution is 1.96. The summed E-state index contributed by atoms with van der Waals surface area (Å²) in [7, 11) is 1.60. The second kappa shape index (κ2) is 2.79. The van der Waals surface area contributed by atoms with Gasteiger partial charge in [0.1, 0.15) is 12.4 Å². The van der Waals surface area contributed by atoms with E-state index < -0.39 is 11.9 Å². The van der Waals surface area contributed by atoms with Crippen molar-refractivity contribution in [1.82, 2.24) is 14.8 Å². The van der Waals surface area contributed by atoms with E-state index >= 15 is 0 Å². The molecular formula is C6H9N3O2. The van der Waals surface area contributed by atoms with Crippen LogP contribution in [0.4, 0.5) is 0 Å². The van der Waals surface area contributed by atoms with Gasteiger partial charge in [-0.25, -0.2) is 9.67 Å². The average molecular weight is 155 g/mol. The highest BCUT2D eigenvalue weighted by Gasteiger charge is 2.16. The van der Waals surface area contributed by atoms with Gasteiger partial charge in [0.05, 0.1) is 0 Å². The Bertz CT molecular complexity index is 267. The van der Waals surface area contributed by atoms with Gasteiger partial charge < -0.3 is 5.11 Å². The van der Waals surface area contributed by atoms with Crippen LogP contribution in [0.15, 0.2) is 6.33 Å². The van der Waals surface area contributed by atoms with Crippen LogP contribution in [0.2, 0.25) is 0 Å². The van der Waals surface area contributed by atoms with Crippen LogP contribution in [-0.2, 0) is 7.05 Å². The molecule has 0 radical (unpaired) electrons. The maximum absolute atomic E-state index is 11.1. The first-order valence-electron chi connectivity index (χ1n) is 3.19. The molecule has 0 amide bonds. The topological polar surface area (TPSA) is 68.0 Å². The summed E-state index contributed by atoms with van der Waals surface area (Å²) in [5.74, 6) is -0.231. The van der Waals surface area contributed by atoms with Crippen molar-refractivity contribution in [3.8, 4) is 0 Å². The second-order valence-corrected chi connectivity index (χ2v) is 2.25. The Morgan fingerprint density at radius 1 is 1.82 bits per heavy atom. The molecule has 0 spiro atoms. The first kappa shape index (κ1) is 7.87. The summed E-state index contributed by atoms with van der Waals surface area (Å²) in [5, 5.41) is 12.6. The van der Waals surface area contributed by atoms with Crippen molar-refractivity contribution >= 4 is 5.78 Å². The average Bonchev–Trinajstić information content (AvgIpc) is 2.33. The number of aromatic nitrogens is 3. The van der Waals surface area contributed by atoms with E-state index in [-0.39, 0.29) is 5.82 Å². The smallest absolute Gasteiger partial charge is 0.227 e. The molecule has 1 heterocycles. The van der Waals surface area contributed by atoms with Gasteiger partial charge in [0, 0.05) is 7.05 Å². The van der Waals surface area contributed by atoms with Crippen molar-refractivity contribution in [2.24, 2.45) is 7.05 Å². The first-order chi connectivity index (χ1) is 5.13. The van der Waals surface area contributed by atoms with Crippen molar-refractivity contribution in [1.29, 1.82) is 0 Å². The Kier molecular flexibility index (Phi) is 2.00. The minimum atomic E-state index is -1.02. The molecule has 60 valence electrons. The molecular weight excluding hydrogens is 146 g/mol. The van der Waals surface area contributed by atoms with E-state index in [1.165, 1.54) is 17.9 Å². The van der Waals surface area contributed by atoms with Gasteiger partial charge in [-0.2, -0.15) is 5.10 Å². The number of carbonyl (C=O) groups excluding carboxylic acids is 1. The molecule has 1 unspecified atom stereocenters. The van der Waals surface area contributed by atoms with Crippen molar-refractivity contribution in [2.75, 3.05) is 0 Å². The van der Waals surface area contributed by atoms with E-state index in [0.29, 0.717) is 0 Å². The highest BCUT2D eigenvalue weighted by atomic mass is 16.3. The van der Waals surface area contributed by atoms with Gasteiger partial charge in [0.2, 0.25) is 5.78 Å².